The van der Waals surface area contributed by atoms with Crippen molar-refractivity contribution in [2.45, 2.75) is 0 Å². The van der Waals surface area contributed by atoms with E-state index in [-0.39, 0.29) is 24.0 Å². The van der Waals surface area contributed by atoms with Crippen molar-refractivity contribution >= 4 is 11.9 Å². The van der Waals surface area contributed by atoms with Gasteiger partial charge in [-0.25, -0.2) is 9.59 Å². The van der Waals surface area contributed by atoms with Crippen LogP contribution in [-0.2, 0) is 0 Å². The minimum atomic E-state index is -1.41. The van der Waals surface area contributed by atoms with Crippen LogP contribution in [-0.4, -0.2) is 36.1 Å². The largest absolute Gasteiger partial charge is 0.492 e. The highest BCUT2D eigenvalue weighted by atomic mass is 16.7. The van der Waals surface area contributed by atoms with Crippen LogP contribution in [0.5, 0.6) is 17.2 Å². The summed E-state index contributed by atoms with van der Waals surface area (Å²) in [7, 11) is 1.23. The van der Waals surface area contributed by atoms with E-state index in [2.05, 4.69) is 0 Å². The Labute approximate surface area is 95.1 Å². The molecule has 90 valence electrons. The van der Waals surface area contributed by atoms with E-state index in [0.29, 0.717) is 0 Å². The molecule has 17 heavy (non-hydrogen) atoms. The summed E-state index contributed by atoms with van der Waals surface area (Å²) in [5.74, 6) is -2.67. The quantitative estimate of drug-likeness (QED) is 0.806. The molecule has 2 N–H and O–H groups in total. The van der Waals surface area contributed by atoms with Gasteiger partial charge in [0.25, 0.3) is 0 Å². The van der Waals surface area contributed by atoms with Crippen LogP contribution in [0.1, 0.15) is 20.7 Å². The van der Waals surface area contributed by atoms with Gasteiger partial charge >= 0.3 is 11.9 Å². The molecule has 7 nitrogen and oxygen atoms in total. The van der Waals surface area contributed by atoms with Crippen LogP contribution in [0, 0.1) is 0 Å². The number of fused-ring (bicyclic) bond motifs is 1. The molecule has 0 amide bonds. The van der Waals surface area contributed by atoms with Gasteiger partial charge in [-0.2, -0.15) is 0 Å². The standard InChI is InChI=1S/C10H8O7/c1-15-8-6(10(13)14)4(9(11)12)2-5-7(8)17-3-16-5/h2H,3H2,1H3,(H,11,12)(H,13,14). The number of carboxylic acid groups (broad SMARTS) is 2. The molecule has 0 bridgehead atoms. The number of ether oxygens (including phenoxy) is 3. The second kappa shape index (κ2) is 3.85. The highest BCUT2D eigenvalue weighted by Crippen LogP contribution is 2.44. The second-order valence-electron chi connectivity index (χ2n) is 3.18. The third kappa shape index (κ3) is 1.61. The van der Waals surface area contributed by atoms with E-state index in [1.807, 2.05) is 0 Å². The van der Waals surface area contributed by atoms with Crippen molar-refractivity contribution in [3.05, 3.63) is 17.2 Å². The zero-order chi connectivity index (χ0) is 12.6. The molecule has 0 atom stereocenters. The van der Waals surface area contributed by atoms with Gasteiger partial charge in [0.1, 0.15) is 5.56 Å². The summed E-state index contributed by atoms with van der Waals surface area (Å²) < 4.78 is 14.9. The summed E-state index contributed by atoms with van der Waals surface area (Å²) in [4.78, 5) is 22.0. The number of carboxylic acids is 2. The fourth-order valence-electron chi connectivity index (χ4n) is 1.59. The van der Waals surface area contributed by atoms with Crippen molar-refractivity contribution in [3.8, 4) is 17.2 Å². The summed E-state index contributed by atoms with van der Waals surface area (Å²) in [5.41, 5.74) is -0.858. The molecule has 7 heteroatoms. The number of hydrogen-bond donors (Lipinski definition) is 2. The van der Waals surface area contributed by atoms with Crippen LogP contribution >= 0.6 is 0 Å². The molecule has 0 radical (unpaired) electrons. The molecule has 0 fully saturated rings. The Balaban J connectivity index is 2.77. The van der Waals surface area contributed by atoms with Crippen LogP contribution < -0.4 is 14.2 Å². The van der Waals surface area contributed by atoms with Crippen LogP contribution in [0.15, 0.2) is 6.07 Å². The first-order chi connectivity index (χ1) is 8.06. The topological polar surface area (TPSA) is 102 Å². The Morgan fingerprint density at radius 1 is 1.29 bits per heavy atom. The lowest BCUT2D eigenvalue weighted by molar-refractivity contribution is 0.0648. The Morgan fingerprint density at radius 3 is 2.53 bits per heavy atom. The molecular formula is C10H8O7. The molecule has 1 aromatic rings. The van der Waals surface area contributed by atoms with Gasteiger partial charge in [-0.15, -0.1) is 0 Å². The zero-order valence-corrected chi connectivity index (χ0v) is 8.72. The molecule has 0 saturated carbocycles. The summed E-state index contributed by atoms with van der Waals surface area (Å²) >= 11 is 0. The average molecular weight is 240 g/mol. The Bertz CT molecular complexity index is 506. The third-order valence-electron chi connectivity index (χ3n) is 2.27. The van der Waals surface area contributed by atoms with Gasteiger partial charge in [0.2, 0.25) is 12.5 Å². The van der Waals surface area contributed by atoms with Crippen molar-refractivity contribution in [2.24, 2.45) is 0 Å². The Morgan fingerprint density at radius 2 is 2.00 bits per heavy atom. The molecule has 1 aromatic carbocycles. The molecule has 0 saturated heterocycles. The number of benzene rings is 1. The van der Waals surface area contributed by atoms with Gasteiger partial charge in [-0.05, 0) is 6.07 Å². The number of methoxy groups -OCH3 is 1. The SMILES string of the molecule is COc1c2c(cc(C(=O)O)c1C(=O)O)OCO2. The van der Waals surface area contributed by atoms with E-state index in [1.165, 1.54) is 7.11 Å². The van der Waals surface area contributed by atoms with E-state index < -0.39 is 23.1 Å². The zero-order valence-electron chi connectivity index (χ0n) is 8.72. The van der Waals surface area contributed by atoms with E-state index in [0.717, 1.165) is 6.07 Å². The number of rotatable bonds is 3. The van der Waals surface area contributed by atoms with Crippen LogP contribution in [0.25, 0.3) is 0 Å². The molecule has 1 aliphatic rings. The second-order valence-corrected chi connectivity index (χ2v) is 3.18. The molecule has 0 spiro atoms. The smallest absolute Gasteiger partial charge is 0.340 e. The van der Waals surface area contributed by atoms with Gasteiger partial charge in [0, 0.05) is 0 Å². The molecule has 0 unspecified atom stereocenters. The predicted molar refractivity (Wildman–Crippen MR) is 53.0 cm³/mol. The molecule has 1 heterocycles. The number of aromatic carboxylic acids is 2. The van der Waals surface area contributed by atoms with Gasteiger partial charge in [0.15, 0.2) is 11.5 Å². The monoisotopic (exact) mass is 240 g/mol. The molecule has 0 aliphatic carbocycles. The van der Waals surface area contributed by atoms with E-state index in [4.69, 9.17) is 24.4 Å². The lowest BCUT2D eigenvalue weighted by atomic mass is 10.0. The summed E-state index contributed by atoms with van der Waals surface area (Å²) in [6.45, 7) is -0.103. The molecular weight excluding hydrogens is 232 g/mol. The summed E-state index contributed by atoms with van der Waals surface area (Å²) in [5, 5.41) is 18.0. The van der Waals surface area contributed by atoms with Crippen LogP contribution in [0.4, 0.5) is 0 Å². The predicted octanol–water partition coefficient (Wildman–Crippen LogP) is 0.820. The summed E-state index contributed by atoms with van der Waals surface area (Å²) in [6.07, 6.45) is 0. The normalized spacial score (nSPS) is 12.3. The maximum atomic E-state index is 11.1. The molecule has 0 aromatic heterocycles. The Hall–Kier alpha value is -2.44. The first kappa shape index (κ1) is 11.1. The first-order valence-electron chi connectivity index (χ1n) is 4.53. The van der Waals surface area contributed by atoms with Crippen molar-refractivity contribution in [1.82, 2.24) is 0 Å². The maximum Gasteiger partial charge on any atom is 0.340 e. The van der Waals surface area contributed by atoms with Gasteiger partial charge < -0.3 is 24.4 Å². The van der Waals surface area contributed by atoms with Gasteiger partial charge in [-0.3, -0.25) is 0 Å². The highest BCUT2D eigenvalue weighted by Gasteiger charge is 2.31. The minimum Gasteiger partial charge on any atom is -0.492 e. The Kier molecular flexibility index (Phi) is 2.51. The van der Waals surface area contributed by atoms with Crippen molar-refractivity contribution in [2.75, 3.05) is 13.9 Å². The van der Waals surface area contributed by atoms with E-state index in [9.17, 15) is 9.59 Å². The maximum absolute atomic E-state index is 11.1. The average Bonchev–Trinajstić information content (AvgIpc) is 2.73. The molecule has 1 aliphatic heterocycles. The first-order valence-corrected chi connectivity index (χ1v) is 4.53. The van der Waals surface area contributed by atoms with Crippen LogP contribution in [0.2, 0.25) is 0 Å². The minimum absolute atomic E-state index is 0.103. The lowest BCUT2D eigenvalue weighted by Gasteiger charge is -2.10. The fraction of sp³-hybridized carbons (Fsp3) is 0.200. The number of carbonyl (C=O) groups is 2. The van der Waals surface area contributed by atoms with Gasteiger partial charge in [-0.1, -0.05) is 0 Å². The van der Waals surface area contributed by atoms with E-state index >= 15 is 0 Å². The van der Waals surface area contributed by atoms with E-state index in [1.54, 1.807) is 0 Å². The molecule has 2 rings (SSSR count). The lowest BCUT2D eigenvalue weighted by Crippen LogP contribution is -2.10. The number of hydrogen-bond acceptors (Lipinski definition) is 5. The summed E-state index contributed by atoms with van der Waals surface area (Å²) in [6, 6.07) is 1.11. The van der Waals surface area contributed by atoms with Gasteiger partial charge in [0.05, 0.1) is 12.7 Å². The fourth-order valence-corrected chi connectivity index (χ4v) is 1.59. The third-order valence-corrected chi connectivity index (χ3v) is 2.27. The van der Waals surface area contributed by atoms with Crippen molar-refractivity contribution in [1.29, 1.82) is 0 Å². The highest BCUT2D eigenvalue weighted by molar-refractivity contribution is 6.05. The van der Waals surface area contributed by atoms with Crippen molar-refractivity contribution in [3.63, 3.8) is 0 Å². The van der Waals surface area contributed by atoms with Crippen molar-refractivity contribution < 1.29 is 34.0 Å². The van der Waals surface area contributed by atoms with Crippen LogP contribution in [0.3, 0.4) is 0 Å².